The zero-order valence-corrected chi connectivity index (χ0v) is 15.5. The molecule has 0 radical (unpaired) electrons. The molecule has 5 rings (SSSR count). The van der Waals surface area contributed by atoms with Gasteiger partial charge in [-0.05, 0) is 62.5 Å². The van der Waals surface area contributed by atoms with E-state index in [4.69, 9.17) is 0 Å². The van der Waals surface area contributed by atoms with E-state index in [9.17, 15) is 14.3 Å². The molecular formula is C22H27FN2O2. The monoisotopic (exact) mass is 370 g/mol. The van der Waals surface area contributed by atoms with Crippen LogP contribution in [-0.2, 0) is 4.79 Å². The Bertz CT molecular complexity index is 707. The van der Waals surface area contributed by atoms with Crippen molar-refractivity contribution < 1.29 is 14.3 Å². The van der Waals surface area contributed by atoms with Gasteiger partial charge in [0.2, 0.25) is 0 Å². The summed E-state index contributed by atoms with van der Waals surface area (Å²) in [6.07, 6.45) is 4.46. The number of carbonyl (C=O) groups is 1. The Morgan fingerprint density at radius 2 is 1.63 bits per heavy atom. The number of carboxylic acid groups (broad SMARTS) is 1. The molecular weight excluding hydrogens is 343 g/mol. The summed E-state index contributed by atoms with van der Waals surface area (Å²) in [5.41, 5.74) is 1.00. The van der Waals surface area contributed by atoms with Crippen LogP contribution in [0.4, 0.5) is 10.1 Å². The Morgan fingerprint density at radius 1 is 1.04 bits per heavy atom. The molecule has 3 aliphatic heterocycles. The normalized spacial score (nSPS) is 21.7. The van der Waals surface area contributed by atoms with Gasteiger partial charge in [-0.2, -0.15) is 0 Å². The fraction of sp³-hybridized carbons (Fsp3) is 0.409. The second kappa shape index (κ2) is 9.51. The van der Waals surface area contributed by atoms with E-state index in [0.717, 1.165) is 5.92 Å². The van der Waals surface area contributed by atoms with Gasteiger partial charge in [-0.25, -0.2) is 4.39 Å². The van der Waals surface area contributed by atoms with Crippen LogP contribution in [0.25, 0.3) is 0 Å². The Labute approximate surface area is 160 Å². The Balaban J connectivity index is 0.000000216. The Hall–Kier alpha value is -2.40. The number of rotatable bonds is 5. The lowest BCUT2D eigenvalue weighted by Gasteiger charge is -2.38. The van der Waals surface area contributed by atoms with Crippen molar-refractivity contribution in [2.75, 3.05) is 31.5 Å². The van der Waals surface area contributed by atoms with Gasteiger partial charge in [-0.3, -0.25) is 4.79 Å². The number of fused-ring (bicyclic) bond motifs is 3. The van der Waals surface area contributed by atoms with Gasteiger partial charge in [-0.1, -0.05) is 42.5 Å². The summed E-state index contributed by atoms with van der Waals surface area (Å²) in [5, 5.41) is 12.1. The minimum Gasteiger partial charge on any atom is -0.481 e. The summed E-state index contributed by atoms with van der Waals surface area (Å²) in [4.78, 5) is 13.9. The number of carboxylic acids is 1. The van der Waals surface area contributed by atoms with E-state index in [-0.39, 0.29) is 12.4 Å². The SMILES string of the molecule is C1CN2CCC1CC2.O=C(O)C(CNc1ccccc1F)c1ccccc1. The highest BCUT2D eigenvalue weighted by molar-refractivity contribution is 5.77. The van der Waals surface area contributed by atoms with Gasteiger partial charge in [0.15, 0.2) is 0 Å². The lowest BCUT2D eigenvalue weighted by molar-refractivity contribution is -0.138. The second-order valence-corrected chi connectivity index (χ2v) is 7.24. The molecule has 144 valence electrons. The third kappa shape index (κ3) is 5.54. The first kappa shape index (κ1) is 19.4. The summed E-state index contributed by atoms with van der Waals surface area (Å²) < 4.78 is 13.4. The molecule has 3 heterocycles. The Kier molecular flexibility index (Phi) is 6.82. The van der Waals surface area contributed by atoms with Crippen molar-refractivity contribution in [1.29, 1.82) is 0 Å². The van der Waals surface area contributed by atoms with Gasteiger partial charge in [0, 0.05) is 6.54 Å². The highest BCUT2D eigenvalue weighted by Gasteiger charge is 2.24. The molecule has 27 heavy (non-hydrogen) atoms. The first-order valence-corrected chi connectivity index (χ1v) is 9.62. The van der Waals surface area contributed by atoms with Crippen LogP contribution >= 0.6 is 0 Å². The highest BCUT2D eigenvalue weighted by atomic mass is 19.1. The highest BCUT2D eigenvalue weighted by Crippen LogP contribution is 2.26. The van der Waals surface area contributed by atoms with Crippen molar-refractivity contribution >= 4 is 11.7 Å². The van der Waals surface area contributed by atoms with Crippen LogP contribution in [-0.4, -0.2) is 42.2 Å². The fourth-order valence-electron chi connectivity index (χ4n) is 3.71. The van der Waals surface area contributed by atoms with Gasteiger partial charge in [0.05, 0.1) is 11.6 Å². The van der Waals surface area contributed by atoms with Crippen molar-refractivity contribution in [1.82, 2.24) is 4.90 Å². The first-order chi connectivity index (χ1) is 13.1. The zero-order valence-electron chi connectivity index (χ0n) is 15.5. The molecule has 5 heteroatoms. The van der Waals surface area contributed by atoms with Crippen LogP contribution in [0.5, 0.6) is 0 Å². The van der Waals surface area contributed by atoms with Crippen molar-refractivity contribution in [2.24, 2.45) is 5.92 Å². The number of hydrogen-bond donors (Lipinski definition) is 2. The van der Waals surface area contributed by atoms with E-state index in [1.807, 2.05) is 6.07 Å². The molecule has 2 aromatic rings. The van der Waals surface area contributed by atoms with Gasteiger partial charge < -0.3 is 15.3 Å². The third-order valence-corrected chi connectivity index (χ3v) is 5.43. The van der Waals surface area contributed by atoms with Crippen LogP contribution in [0, 0.1) is 11.7 Å². The minimum absolute atomic E-state index is 0.139. The van der Waals surface area contributed by atoms with Crippen molar-refractivity contribution in [2.45, 2.75) is 25.2 Å². The van der Waals surface area contributed by atoms with Crippen LogP contribution in [0.3, 0.4) is 0 Å². The van der Waals surface area contributed by atoms with Crippen LogP contribution in [0.2, 0.25) is 0 Å². The summed E-state index contributed by atoms with van der Waals surface area (Å²) in [7, 11) is 0. The summed E-state index contributed by atoms with van der Waals surface area (Å²) in [5.74, 6) is -0.921. The van der Waals surface area contributed by atoms with Crippen molar-refractivity contribution in [3.05, 3.63) is 66.0 Å². The van der Waals surface area contributed by atoms with E-state index in [2.05, 4.69) is 10.2 Å². The number of benzene rings is 2. The molecule has 0 spiro atoms. The molecule has 4 nitrogen and oxygen atoms in total. The Morgan fingerprint density at radius 3 is 2.11 bits per heavy atom. The fourth-order valence-corrected chi connectivity index (χ4v) is 3.71. The molecule has 3 saturated heterocycles. The second-order valence-electron chi connectivity index (χ2n) is 7.24. The number of piperidine rings is 3. The third-order valence-electron chi connectivity index (χ3n) is 5.43. The predicted molar refractivity (Wildman–Crippen MR) is 105 cm³/mol. The van der Waals surface area contributed by atoms with Gasteiger partial charge >= 0.3 is 5.97 Å². The first-order valence-electron chi connectivity index (χ1n) is 9.62. The lowest BCUT2D eigenvalue weighted by atomic mass is 9.89. The topological polar surface area (TPSA) is 52.6 Å². The number of nitrogens with zero attached hydrogens (tertiary/aromatic N) is 1. The van der Waals surface area contributed by atoms with Gasteiger partial charge in [0.1, 0.15) is 5.82 Å². The number of hydrogen-bond acceptors (Lipinski definition) is 3. The molecule has 0 aliphatic carbocycles. The average molecular weight is 370 g/mol. The van der Waals surface area contributed by atoms with Crippen LogP contribution in [0.1, 0.15) is 30.7 Å². The molecule has 1 unspecified atom stereocenters. The minimum atomic E-state index is -0.935. The van der Waals surface area contributed by atoms with Crippen LogP contribution < -0.4 is 5.32 Å². The molecule has 1 atom stereocenters. The molecule has 2 bridgehead atoms. The van der Waals surface area contributed by atoms with Crippen molar-refractivity contribution in [3.63, 3.8) is 0 Å². The predicted octanol–water partition coefficient (Wildman–Crippen LogP) is 4.21. The molecule has 2 N–H and O–H groups in total. The smallest absolute Gasteiger partial charge is 0.312 e. The van der Waals surface area contributed by atoms with E-state index in [0.29, 0.717) is 11.3 Å². The van der Waals surface area contributed by atoms with Crippen LogP contribution in [0.15, 0.2) is 54.6 Å². The lowest BCUT2D eigenvalue weighted by Crippen LogP contribution is -2.41. The largest absolute Gasteiger partial charge is 0.481 e. The number of halogens is 1. The molecule has 2 aromatic carbocycles. The molecule has 0 amide bonds. The van der Waals surface area contributed by atoms with Gasteiger partial charge in [0.25, 0.3) is 0 Å². The summed E-state index contributed by atoms with van der Waals surface area (Å²) >= 11 is 0. The number of anilines is 1. The zero-order chi connectivity index (χ0) is 19.1. The maximum Gasteiger partial charge on any atom is 0.312 e. The van der Waals surface area contributed by atoms with E-state index in [1.54, 1.807) is 42.5 Å². The molecule has 0 aromatic heterocycles. The maximum absolute atomic E-state index is 13.4. The average Bonchev–Trinajstić information content (AvgIpc) is 2.72. The summed E-state index contributed by atoms with van der Waals surface area (Å²) in [6.45, 7) is 4.32. The quantitative estimate of drug-likeness (QED) is 0.828. The number of nitrogens with one attached hydrogen (secondary N) is 1. The van der Waals surface area contributed by atoms with E-state index >= 15 is 0 Å². The molecule has 3 fully saturated rings. The number of para-hydroxylation sites is 1. The van der Waals surface area contributed by atoms with Gasteiger partial charge in [-0.15, -0.1) is 0 Å². The standard InChI is InChI=1S/C15H14FNO2.C7H13N/c16-13-8-4-5-9-14(13)17-10-12(15(18)19)11-6-2-1-3-7-11;1-4-8-5-2-7(1)3-6-8/h1-9,12,17H,10H2,(H,18,19);7H,1-6H2. The van der Waals surface area contributed by atoms with E-state index in [1.165, 1.54) is 45.0 Å². The van der Waals surface area contributed by atoms with E-state index < -0.39 is 11.9 Å². The number of aliphatic carboxylic acids is 1. The molecule has 0 saturated carbocycles. The van der Waals surface area contributed by atoms with Crippen molar-refractivity contribution in [3.8, 4) is 0 Å². The molecule has 3 aliphatic rings. The summed E-state index contributed by atoms with van der Waals surface area (Å²) in [6, 6.07) is 15.1. The maximum atomic E-state index is 13.4.